The molecule has 21 heavy (non-hydrogen) atoms. The lowest BCUT2D eigenvalue weighted by Gasteiger charge is -2.30. The fourth-order valence-corrected chi connectivity index (χ4v) is 2.73. The summed E-state index contributed by atoms with van der Waals surface area (Å²) in [5.41, 5.74) is 0.505. The third-order valence-corrected chi connectivity index (χ3v) is 3.77. The largest absolute Gasteiger partial charge is 0.507 e. The highest BCUT2D eigenvalue weighted by Crippen LogP contribution is 2.40. The van der Waals surface area contributed by atoms with Crippen molar-refractivity contribution in [2.24, 2.45) is 5.92 Å². The van der Waals surface area contributed by atoms with Crippen LogP contribution in [0.15, 0.2) is 18.2 Å². The van der Waals surface area contributed by atoms with Gasteiger partial charge in [0.05, 0.1) is 31.3 Å². The topological polar surface area (TPSA) is 104 Å². The van der Waals surface area contributed by atoms with Crippen molar-refractivity contribution in [3.63, 3.8) is 0 Å². The van der Waals surface area contributed by atoms with E-state index >= 15 is 0 Å². The van der Waals surface area contributed by atoms with Crippen LogP contribution in [0.1, 0.15) is 41.3 Å². The summed E-state index contributed by atoms with van der Waals surface area (Å²) in [6.07, 6.45) is -2.00. The number of carbonyl (C=O) groups excluding carboxylic acids is 2. The van der Waals surface area contributed by atoms with E-state index in [1.165, 1.54) is 13.2 Å². The molecule has 3 atom stereocenters. The highest BCUT2D eigenvalue weighted by Gasteiger charge is 2.35. The Morgan fingerprint density at radius 1 is 1.48 bits per heavy atom. The number of fused-ring (bicyclic) bond motifs is 1. The van der Waals surface area contributed by atoms with Gasteiger partial charge in [-0.3, -0.25) is 9.59 Å². The summed E-state index contributed by atoms with van der Waals surface area (Å²) >= 11 is 0. The summed E-state index contributed by atoms with van der Waals surface area (Å²) in [6, 6.07) is 4.53. The van der Waals surface area contributed by atoms with Gasteiger partial charge in [0, 0.05) is 6.42 Å². The first-order chi connectivity index (χ1) is 9.93. The number of aliphatic hydroxyl groups is 2. The summed E-state index contributed by atoms with van der Waals surface area (Å²) < 4.78 is 4.47. The Hall–Kier alpha value is -1.92. The van der Waals surface area contributed by atoms with Gasteiger partial charge in [0.25, 0.3) is 0 Å². The van der Waals surface area contributed by atoms with Crippen LogP contribution in [-0.2, 0) is 9.53 Å². The van der Waals surface area contributed by atoms with Crippen LogP contribution in [-0.4, -0.2) is 40.3 Å². The number of benzene rings is 1. The van der Waals surface area contributed by atoms with Gasteiger partial charge in [-0.05, 0) is 24.0 Å². The third kappa shape index (κ3) is 3.22. The Morgan fingerprint density at radius 2 is 2.19 bits per heavy atom. The van der Waals surface area contributed by atoms with E-state index in [1.807, 2.05) is 0 Å². The first-order valence-electron chi connectivity index (χ1n) is 6.72. The minimum absolute atomic E-state index is 0.0178. The third-order valence-electron chi connectivity index (χ3n) is 3.77. The number of aromatic hydroxyl groups is 1. The molecule has 3 N–H and O–H groups in total. The number of phenolic OH excluding ortho intramolecular Hbond substituents is 1. The van der Waals surface area contributed by atoms with Gasteiger partial charge >= 0.3 is 5.97 Å². The molecule has 1 aliphatic rings. The standard InChI is InChI=1S/C15H18O6/c1-21-13(19)7-9(16)5-8-6-12(18)14-10(15(8)20)3-2-4-11(14)17/h2-4,8-9,15-17,20H,5-7H2,1H3. The molecule has 1 aromatic rings. The van der Waals surface area contributed by atoms with E-state index in [1.54, 1.807) is 12.1 Å². The molecule has 1 aliphatic carbocycles. The second-order valence-electron chi connectivity index (χ2n) is 5.24. The summed E-state index contributed by atoms with van der Waals surface area (Å²) in [6.45, 7) is 0. The van der Waals surface area contributed by atoms with E-state index < -0.39 is 24.1 Å². The molecular formula is C15H18O6. The second kappa shape index (κ2) is 6.24. The van der Waals surface area contributed by atoms with Crippen molar-refractivity contribution >= 4 is 11.8 Å². The first kappa shape index (κ1) is 15.5. The lowest BCUT2D eigenvalue weighted by atomic mass is 9.77. The van der Waals surface area contributed by atoms with Crippen molar-refractivity contribution in [2.75, 3.05) is 7.11 Å². The Morgan fingerprint density at radius 3 is 2.86 bits per heavy atom. The Labute approximate surface area is 122 Å². The Kier molecular flexibility index (Phi) is 4.59. The molecule has 1 aromatic carbocycles. The maximum Gasteiger partial charge on any atom is 0.308 e. The average molecular weight is 294 g/mol. The van der Waals surface area contributed by atoms with Crippen molar-refractivity contribution in [2.45, 2.75) is 31.5 Å². The molecule has 114 valence electrons. The van der Waals surface area contributed by atoms with Crippen molar-refractivity contribution in [3.05, 3.63) is 29.3 Å². The second-order valence-corrected chi connectivity index (χ2v) is 5.24. The molecule has 0 spiro atoms. The van der Waals surface area contributed by atoms with Crippen LogP contribution in [0.2, 0.25) is 0 Å². The maximum absolute atomic E-state index is 12.1. The van der Waals surface area contributed by atoms with Crippen molar-refractivity contribution in [3.8, 4) is 5.75 Å². The monoisotopic (exact) mass is 294 g/mol. The molecule has 0 aromatic heterocycles. The number of carbonyl (C=O) groups is 2. The van der Waals surface area contributed by atoms with Crippen LogP contribution in [0.25, 0.3) is 0 Å². The molecular weight excluding hydrogens is 276 g/mol. The van der Waals surface area contributed by atoms with E-state index in [2.05, 4.69) is 4.74 Å². The Balaban J connectivity index is 2.14. The number of rotatable bonds is 4. The van der Waals surface area contributed by atoms with Gasteiger partial charge in [-0.2, -0.15) is 0 Å². The fourth-order valence-electron chi connectivity index (χ4n) is 2.73. The van der Waals surface area contributed by atoms with Crippen molar-refractivity contribution < 1.29 is 29.6 Å². The van der Waals surface area contributed by atoms with Crippen molar-refractivity contribution in [1.29, 1.82) is 0 Å². The molecule has 2 rings (SSSR count). The summed E-state index contributed by atoms with van der Waals surface area (Å²) in [5.74, 6) is -1.46. The van der Waals surface area contributed by atoms with Crippen LogP contribution in [0.5, 0.6) is 5.75 Å². The van der Waals surface area contributed by atoms with E-state index in [0.717, 1.165) is 0 Å². The number of Topliss-reactive ketones (excluding diaryl/α,β-unsaturated/α-hetero) is 1. The molecule has 0 fully saturated rings. The Bertz CT molecular complexity index is 553. The summed E-state index contributed by atoms with van der Waals surface area (Å²) in [4.78, 5) is 23.2. The van der Waals surface area contributed by atoms with Gasteiger partial charge in [-0.25, -0.2) is 0 Å². The van der Waals surface area contributed by atoms with Gasteiger partial charge in [0.2, 0.25) is 0 Å². The van der Waals surface area contributed by atoms with Gasteiger partial charge in [-0.15, -0.1) is 0 Å². The zero-order valence-corrected chi connectivity index (χ0v) is 11.7. The molecule has 0 saturated carbocycles. The number of phenols is 1. The van der Waals surface area contributed by atoms with Crippen LogP contribution in [0.4, 0.5) is 0 Å². The molecule has 0 saturated heterocycles. The molecule has 6 heteroatoms. The predicted molar refractivity (Wildman–Crippen MR) is 72.8 cm³/mol. The number of ketones is 1. The van der Waals surface area contributed by atoms with E-state index in [4.69, 9.17) is 0 Å². The lowest BCUT2D eigenvalue weighted by molar-refractivity contribution is -0.143. The molecule has 3 unspecified atom stereocenters. The minimum atomic E-state index is -0.983. The molecule has 0 amide bonds. The van der Waals surface area contributed by atoms with Crippen LogP contribution < -0.4 is 0 Å². The van der Waals surface area contributed by atoms with E-state index in [9.17, 15) is 24.9 Å². The maximum atomic E-state index is 12.1. The normalized spacial score (nSPS) is 22.5. The molecule has 0 radical (unpaired) electrons. The first-order valence-corrected chi connectivity index (χ1v) is 6.72. The van der Waals surface area contributed by atoms with E-state index in [-0.39, 0.29) is 36.4 Å². The van der Waals surface area contributed by atoms with Gasteiger partial charge in [0.1, 0.15) is 5.75 Å². The van der Waals surface area contributed by atoms with Gasteiger partial charge in [-0.1, -0.05) is 12.1 Å². The summed E-state index contributed by atoms with van der Waals surface area (Å²) in [5, 5.41) is 29.9. The molecule has 0 bridgehead atoms. The van der Waals surface area contributed by atoms with Gasteiger partial charge < -0.3 is 20.1 Å². The smallest absolute Gasteiger partial charge is 0.308 e. The number of hydrogen-bond donors (Lipinski definition) is 3. The SMILES string of the molecule is COC(=O)CC(O)CC1CC(=O)c2c(O)cccc2C1O. The molecule has 0 aliphatic heterocycles. The van der Waals surface area contributed by atoms with E-state index in [0.29, 0.717) is 5.56 Å². The number of hydrogen-bond acceptors (Lipinski definition) is 6. The summed E-state index contributed by atoms with van der Waals surface area (Å²) in [7, 11) is 1.23. The van der Waals surface area contributed by atoms with Gasteiger partial charge in [0.15, 0.2) is 5.78 Å². The number of methoxy groups -OCH3 is 1. The minimum Gasteiger partial charge on any atom is -0.507 e. The lowest BCUT2D eigenvalue weighted by Crippen LogP contribution is -2.29. The van der Waals surface area contributed by atoms with Crippen LogP contribution in [0, 0.1) is 5.92 Å². The number of esters is 1. The molecule has 6 nitrogen and oxygen atoms in total. The fraction of sp³-hybridized carbons (Fsp3) is 0.467. The predicted octanol–water partition coefficient (Wildman–Crippen LogP) is 0.942. The van der Waals surface area contributed by atoms with Crippen LogP contribution >= 0.6 is 0 Å². The van der Waals surface area contributed by atoms with Crippen LogP contribution in [0.3, 0.4) is 0 Å². The zero-order chi connectivity index (χ0) is 15.6. The average Bonchev–Trinajstić information content (AvgIpc) is 2.43. The highest BCUT2D eigenvalue weighted by molar-refractivity contribution is 6.01. The zero-order valence-electron chi connectivity index (χ0n) is 11.7. The highest BCUT2D eigenvalue weighted by atomic mass is 16.5. The number of ether oxygens (including phenoxy) is 1. The quantitative estimate of drug-likeness (QED) is 0.714. The van der Waals surface area contributed by atoms with Crippen molar-refractivity contribution in [1.82, 2.24) is 0 Å². The number of aliphatic hydroxyl groups excluding tert-OH is 2. The molecule has 0 heterocycles.